The van der Waals surface area contributed by atoms with Crippen LogP contribution in [0.25, 0.3) is 21.3 Å². The number of aromatic nitrogens is 2. The molecule has 0 bridgehead atoms. The number of amides is 1. The number of hydrogen-bond donors (Lipinski definition) is 1. The van der Waals surface area contributed by atoms with Gasteiger partial charge in [0.15, 0.2) is 0 Å². The van der Waals surface area contributed by atoms with Gasteiger partial charge in [0.25, 0.3) is 11.2 Å². The molecule has 0 radical (unpaired) electrons. The zero-order valence-corrected chi connectivity index (χ0v) is 18.7. The number of nitrogens with zero attached hydrogens (tertiary/aromatic N) is 3. The summed E-state index contributed by atoms with van der Waals surface area (Å²) in [5.74, 6) is -0.482. The van der Waals surface area contributed by atoms with Crippen molar-refractivity contribution in [2.75, 3.05) is 5.32 Å². The molecule has 4 rings (SSSR count). The molecule has 0 spiro atoms. The molecule has 2 aromatic carbocycles. The van der Waals surface area contributed by atoms with E-state index in [1.54, 1.807) is 36.6 Å². The molecule has 1 atom stereocenters. The van der Waals surface area contributed by atoms with E-state index < -0.39 is 22.4 Å². The molecule has 162 valence electrons. The smallest absolute Gasteiger partial charge is 0.270 e. The number of halogens is 2. The third kappa shape index (κ3) is 4.10. The summed E-state index contributed by atoms with van der Waals surface area (Å²) < 4.78 is 1.21. The van der Waals surface area contributed by atoms with E-state index in [-0.39, 0.29) is 5.69 Å². The summed E-state index contributed by atoms with van der Waals surface area (Å²) in [5, 5.41) is 16.5. The molecular weight excluding hydrogens is 475 g/mol. The Bertz CT molecular complexity index is 1430. The highest BCUT2D eigenvalue weighted by Crippen LogP contribution is 2.33. The molecule has 2 heterocycles. The number of thiophene rings is 1. The lowest BCUT2D eigenvalue weighted by molar-refractivity contribution is -0.384. The topological polar surface area (TPSA) is 107 Å². The van der Waals surface area contributed by atoms with E-state index >= 15 is 0 Å². The van der Waals surface area contributed by atoms with Gasteiger partial charge in [0.05, 0.1) is 27.3 Å². The van der Waals surface area contributed by atoms with Crippen molar-refractivity contribution in [3.63, 3.8) is 0 Å². The van der Waals surface area contributed by atoms with Crippen LogP contribution >= 0.6 is 34.5 Å². The molecule has 1 unspecified atom stereocenters. The summed E-state index contributed by atoms with van der Waals surface area (Å²) >= 11 is 13.3. The van der Waals surface area contributed by atoms with Crippen LogP contribution < -0.4 is 10.9 Å². The summed E-state index contributed by atoms with van der Waals surface area (Å²) in [5.41, 5.74) is 0.844. The number of anilines is 1. The second kappa shape index (κ2) is 8.70. The SMILES string of the molecule is CC(C(=O)Nc1cc(Cl)ccc1Cl)n1cnc2scc(-c3cccc([N+](=O)[O-])c3)c2c1=O. The third-order valence-electron chi connectivity index (χ3n) is 4.87. The van der Waals surface area contributed by atoms with E-state index in [1.807, 2.05) is 0 Å². The van der Waals surface area contributed by atoms with E-state index in [4.69, 9.17) is 23.2 Å². The number of carbonyl (C=O) groups is 1. The van der Waals surface area contributed by atoms with E-state index in [0.717, 1.165) is 0 Å². The van der Waals surface area contributed by atoms with Gasteiger partial charge in [0.1, 0.15) is 10.9 Å². The fourth-order valence-electron chi connectivity index (χ4n) is 3.18. The number of hydrogen-bond acceptors (Lipinski definition) is 6. The Morgan fingerprint density at radius 2 is 2.03 bits per heavy atom. The normalized spacial score (nSPS) is 12.0. The molecule has 0 fully saturated rings. The molecule has 1 amide bonds. The maximum absolute atomic E-state index is 13.3. The minimum absolute atomic E-state index is 0.0859. The quantitative estimate of drug-likeness (QED) is 0.293. The van der Waals surface area contributed by atoms with Crippen molar-refractivity contribution < 1.29 is 9.72 Å². The standard InChI is InChI=1S/C21H14Cl2N4O4S/c1-11(19(28)25-17-8-13(22)5-6-16(17)23)26-10-24-20-18(21(26)29)15(9-32-20)12-3-2-4-14(7-12)27(30)31/h2-11H,1H3,(H,25,28). The number of nitro groups is 1. The predicted molar refractivity (Wildman–Crippen MR) is 126 cm³/mol. The van der Waals surface area contributed by atoms with Gasteiger partial charge in [0.2, 0.25) is 5.91 Å². The van der Waals surface area contributed by atoms with E-state index in [9.17, 15) is 19.7 Å². The van der Waals surface area contributed by atoms with Crippen LogP contribution in [0.15, 0.2) is 59.0 Å². The number of benzene rings is 2. The molecule has 11 heteroatoms. The van der Waals surface area contributed by atoms with Crippen LogP contribution in [0.2, 0.25) is 10.0 Å². The van der Waals surface area contributed by atoms with Gasteiger partial charge < -0.3 is 5.32 Å². The molecule has 2 aromatic heterocycles. The van der Waals surface area contributed by atoms with Crippen molar-refractivity contribution in [3.8, 4) is 11.1 Å². The molecule has 0 aliphatic carbocycles. The monoisotopic (exact) mass is 488 g/mol. The van der Waals surface area contributed by atoms with Crippen LogP contribution in [0.5, 0.6) is 0 Å². The highest BCUT2D eigenvalue weighted by molar-refractivity contribution is 7.17. The maximum atomic E-state index is 13.3. The van der Waals surface area contributed by atoms with E-state index in [0.29, 0.717) is 37.1 Å². The Hall–Kier alpha value is -3.27. The van der Waals surface area contributed by atoms with Crippen LogP contribution in [-0.4, -0.2) is 20.4 Å². The number of fused-ring (bicyclic) bond motifs is 1. The summed E-state index contributed by atoms with van der Waals surface area (Å²) in [6.07, 6.45) is 1.31. The lowest BCUT2D eigenvalue weighted by Crippen LogP contribution is -2.31. The van der Waals surface area contributed by atoms with Crippen molar-refractivity contribution in [1.29, 1.82) is 0 Å². The van der Waals surface area contributed by atoms with Crippen molar-refractivity contribution in [2.45, 2.75) is 13.0 Å². The van der Waals surface area contributed by atoms with Crippen molar-refractivity contribution in [1.82, 2.24) is 9.55 Å². The molecule has 0 aliphatic rings. The number of carbonyl (C=O) groups excluding carboxylic acids is 1. The lowest BCUT2D eigenvalue weighted by Gasteiger charge is -2.16. The van der Waals surface area contributed by atoms with Gasteiger partial charge in [-0.15, -0.1) is 11.3 Å². The number of non-ortho nitro benzene ring substituents is 1. The molecule has 32 heavy (non-hydrogen) atoms. The maximum Gasteiger partial charge on any atom is 0.270 e. The second-order valence-electron chi connectivity index (χ2n) is 6.88. The third-order valence-corrected chi connectivity index (χ3v) is 6.32. The summed E-state index contributed by atoms with van der Waals surface area (Å²) in [7, 11) is 0. The summed E-state index contributed by atoms with van der Waals surface area (Å²) in [4.78, 5) is 41.5. The molecular formula is C21H14Cl2N4O4S. The molecule has 4 aromatic rings. The number of rotatable bonds is 5. The molecule has 0 saturated heterocycles. The van der Waals surface area contributed by atoms with Crippen molar-refractivity contribution in [2.24, 2.45) is 0 Å². The van der Waals surface area contributed by atoms with Gasteiger partial charge in [-0.2, -0.15) is 0 Å². The van der Waals surface area contributed by atoms with Gasteiger partial charge >= 0.3 is 0 Å². The first-order valence-electron chi connectivity index (χ1n) is 9.25. The average molecular weight is 489 g/mol. The Kier molecular flexibility index (Phi) is 5.96. The largest absolute Gasteiger partial charge is 0.323 e. The minimum atomic E-state index is -0.910. The van der Waals surface area contributed by atoms with E-state index in [2.05, 4.69) is 10.3 Å². The zero-order chi connectivity index (χ0) is 23.0. The van der Waals surface area contributed by atoms with Gasteiger partial charge in [-0.05, 0) is 30.7 Å². The fraction of sp³-hybridized carbons (Fsp3) is 0.0952. The van der Waals surface area contributed by atoms with Crippen LogP contribution in [0, 0.1) is 10.1 Å². The van der Waals surface area contributed by atoms with Gasteiger partial charge in [-0.25, -0.2) is 4.98 Å². The lowest BCUT2D eigenvalue weighted by atomic mass is 10.1. The first-order chi connectivity index (χ1) is 15.3. The van der Waals surface area contributed by atoms with Crippen LogP contribution in [0.3, 0.4) is 0 Å². The van der Waals surface area contributed by atoms with Crippen LogP contribution in [0.4, 0.5) is 11.4 Å². The molecule has 0 saturated carbocycles. The highest BCUT2D eigenvalue weighted by atomic mass is 35.5. The Morgan fingerprint density at radius 1 is 1.25 bits per heavy atom. The Morgan fingerprint density at radius 3 is 2.78 bits per heavy atom. The first-order valence-corrected chi connectivity index (χ1v) is 10.9. The summed E-state index contributed by atoms with van der Waals surface area (Å²) in [6.45, 7) is 1.56. The zero-order valence-electron chi connectivity index (χ0n) is 16.4. The van der Waals surface area contributed by atoms with Gasteiger partial charge in [-0.1, -0.05) is 35.3 Å². The van der Waals surface area contributed by atoms with Crippen LogP contribution in [0.1, 0.15) is 13.0 Å². The Balaban J connectivity index is 1.73. The van der Waals surface area contributed by atoms with Gasteiger partial charge in [0, 0.05) is 28.1 Å². The van der Waals surface area contributed by atoms with Crippen LogP contribution in [-0.2, 0) is 4.79 Å². The first kappa shape index (κ1) is 21.9. The van der Waals surface area contributed by atoms with Crippen molar-refractivity contribution >= 4 is 62.0 Å². The number of nitro benzene ring substituents is 1. The molecule has 8 nitrogen and oxygen atoms in total. The fourth-order valence-corrected chi connectivity index (χ4v) is 4.42. The number of nitrogens with one attached hydrogen (secondary N) is 1. The van der Waals surface area contributed by atoms with Crippen molar-refractivity contribution in [3.05, 3.63) is 84.7 Å². The Labute approximate surface area is 195 Å². The molecule has 0 aliphatic heterocycles. The highest BCUT2D eigenvalue weighted by Gasteiger charge is 2.21. The second-order valence-corrected chi connectivity index (χ2v) is 8.59. The van der Waals surface area contributed by atoms with E-state index in [1.165, 1.54) is 40.4 Å². The average Bonchev–Trinajstić information content (AvgIpc) is 3.21. The summed E-state index contributed by atoms with van der Waals surface area (Å²) in [6, 6.07) is 9.76. The predicted octanol–water partition coefficient (Wildman–Crippen LogP) is 5.54. The van der Waals surface area contributed by atoms with Gasteiger partial charge in [-0.3, -0.25) is 24.3 Å². The molecule has 1 N–H and O–H groups in total. The minimum Gasteiger partial charge on any atom is -0.323 e.